The second-order valence-electron chi connectivity index (χ2n) is 4.58. The highest BCUT2D eigenvalue weighted by atomic mass is 35.5. The van der Waals surface area contributed by atoms with Gasteiger partial charge in [-0.1, -0.05) is 23.7 Å². The molecule has 0 aliphatic heterocycles. The molecular formula is C15H11ClF4O. The highest BCUT2D eigenvalue weighted by Gasteiger charge is 2.30. The molecule has 2 rings (SSSR count). The first-order chi connectivity index (χ1) is 9.77. The predicted molar refractivity (Wildman–Crippen MR) is 71.5 cm³/mol. The zero-order valence-electron chi connectivity index (χ0n) is 10.7. The Kier molecular flexibility index (Phi) is 4.54. The summed E-state index contributed by atoms with van der Waals surface area (Å²) in [4.78, 5) is 0. The van der Waals surface area contributed by atoms with Gasteiger partial charge in [0.2, 0.25) is 0 Å². The van der Waals surface area contributed by atoms with Crippen LogP contribution in [0.2, 0.25) is 5.02 Å². The van der Waals surface area contributed by atoms with E-state index in [-0.39, 0.29) is 17.5 Å². The van der Waals surface area contributed by atoms with Crippen molar-refractivity contribution in [1.82, 2.24) is 0 Å². The minimum Gasteiger partial charge on any atom is -0.388 e. The van der Waals surface area contributed by atoms with Crippen LogP contribution in [0, 0.1) is 5.82 Å². The molecular weight excluding hydrogens is 308 g/mol. The zero-order chi connectivity index (χ0) is 15.6. The van der Waals surface area contributed by atoms with Gasteiger partial charge in [-0.05, 0) is 41.5 Å². The first-order valence-corrected chi connectivity index (χ1v) is 6.44. The van der Waals surface area contributed by atoms with Gasteiger partial charge in [-0.15, -0.1) is 0 Å². The normalized spacial score (nSPS) is 13.2. The third-order valence-electron chi connectivity index (χ3n) is 3.02. The molecule has 1 atom stereocenters. The molecule has 0 spiro atoms. The van der Waals surface area contributed by atoms with Gasteiger partial charge in [-0.2, -0.15) is 13.2 Å². The second kappa shape index (κ2) is 6.03. The van der Waals surface area contributed by atoms with E-state index in [4.69, 9.17) is 11.6 Å². The van der Waals surface area contributed by atoms with Crippen LogP contribution in [0.5, 0.6) is 0 Å². The van der Waals surface area contributed by atoms with Crippen molar-refractivity contribution in [2.24, 2.45) is 0 Å². The molecule has 1 N–H and O–H groups in total. The fourth-order valence-electron chi connectivity index (χ4n) is 1.95. The van der Waals surface area contributed by atoms with Crippen molar-refractivity contribution in [3.8, 4) is 0 Å². The number of aliphatic hydroxyl groups is 1. The van der Waals surface area contributed by atoms with Crippen LogP contribution in [-0.2, 0) is 12.6 Å². The number of halogens is 5. The van der Waals surface area contributed by atoms with Gasteiger partial charge in [0, 0.05) is 11.4 Å². The summed E-state index contributed by atoms with van der Waals surface area (Å²) in [5.74, 6) is -0.564. The Bertz CT molecular complexity index is 640. The van der Waals surface area contributed by atoms with Crippen molar-refractivity contribution in [3.63, 3.8) is 0 Å². The number of hydrogen-bond donors (Lipinski definition) is 1. The van der Waals surface area contributed by atoms with E-state index in [1.165, 1.54) is 24.3 Å². The number of hydrogen-bond acceptors (Lipinski definition) is 1. The number of alkyl halides is 3. The molecule has 0 radical (unpaired) electrons. The summed E-state index contributed by atoms with van der Waals surface area (Å²) in [7, 11) is 0. The molecule has 112 valence electrons. The lowest BCUT2D eigenvalue weighted by molar-refractivity contribution is -0.137. The average Bonchev–Trinajstić information content (AvgIpc) is 2.42. The van der Waals surface area contributed by atoms with Crippen LogP contribution in [0.25, 0.3) is 0 Å². The first-order valence-electron chi connectivity index (χ1n) is 6.06. The SMILES string of the molecule is OC(Cc1cc(Cl)ccc1F)c1cccc(C(F)(F)F)c1. The summed E-state index contributed by atoms with van der Waals surface area (Å²) in [5.41, 5.74) is -0.637. The van der Waals surface area contributed by atoms with Crippen LogP contribution in [0.1, 0.15) is 22.8 Å². The fourth-order valence-corrected chi connectivity index (χ4v) is 2.14. The van der Waals surface area contributed by atoms with Gasteiger partial charge in [0.1, 0.15) is 5.82 Å². The number of rotatable bonds is 3. The molecule has 0 aliphatic carbocycles. The Morgan fingerprint density at radius 2 is 1.81 bits per heavy atom. The number of benzene rings is 2. The van der Waals surface area contributed by atoms with Crippen molar-refractivity contribution < 1.29 is 22.7 Å². The van der Waals surface area contributed by atoms with E-state index in [9.17, 15) is 22.7 Å². The molecule has 0 aromatic heterocycles. The lowest BCUT2D eigenvalue weighted by Crippen LogP contribution is -2.08. The van der Waals surface area contributed by atoms with Gasteiger partial charge >= 0.3 is 6.18 Å². The maximum Gasteiger partial charge on any atom is 0.416 e. The van der Waals surface area contributed by atoms with Crippen LogP contribution < -0.4 is 0 Å². The Morgan fingerprint density at radius 3 is 2.48 bits per heavy atom. The van der Waals surface area contributed by atoms with Gasteiger partial charge in [0.25, 0.3) is 0 Å². The van der Waals surface area contributed by atoms with E-state index in [1.54, 1.807) is 0 Å². The standard InChI is InChI=1S/C15H11ClF4O/c16-12-4-5-13(17)10(7-12)8-14(21)9-2-1-3-11(6-9)15(18,19)20/h1-7,14,21H,8H2. The summed E-state index contributed by atoms with van der Waals surface area (Å²) < 4.78 is 51.4. The van der Waals surface area contributed by atoms with Crippen LogP contribution in [-0.4, -0.2) is 5.11 Å². The van der Waals surface area contributed by atoms with Gasteiger partial charge in [0.05, 0.1) is 11.7 Å². The van der Waals surface area contributed by atoms with Gasteiger partial charge in [-0.25, -0.2) is 4.39 Å². The number of aliphatic hydroxyl groups excluding tert-OH is 1. The molecule has 0 heterocycles. The maximum absolute atomic E-state index is 13.6. The van der Waals surface area contributed by atoms with Gasteiger partial charge in [-0.3, -0.25) is 0 Å². The predicted octanol–water partition coefficient (Wildman–Crippen LogP) is 4.77. The van der Waals surface area contributed by atoms with Gasteiger partial charge in [0.15, 0.2) is 0 Å². The molecule has 0 aliphatic rings. The zero-order valence-corrected chi connectivity index (χ0v) is 11.4. The van der Waals surface area contributed by atoms with Crippen molar-refractivity contribution in [2.75, 3.05) is 0 Å². The minimum atomic E-state index is -4.49. The summed E-state index contributed by atoms with van der Waals surface area (Å²) in [5, 5.41) is 10.3. The maximum atomic E-state index is 13.6. The largest absolute Gasteiger partial charge is 0.416 e. The first kappa shape index (κ1) is 15.8. The Labute approximate surface area is 123 Å². The lowest BCUT2D eigenvalue weighted by atomic mass is 9.99. The molecule has 0 amide bonds. The van der Waals surface area contributed by atoms with E-state index in [0.717, 1.165) is 18.2 Å². The van der Waals surface area contributed by atoms with E-state index < -0.39 is 23.7 Å². The fraction of sp³-hybridized carbons (Fsp3) is 0.200. The summed E-state index contributed by atoms with van der Waals surface area (Å²) in [6.07, 6.45) is -5.90. The lowest BCUT2D eigenvalue weighted by Gasteiger charge is -2.14. The Hall–Kier alpha value is -1.59. The van der Waals surface area contributed by atoms with Crippen molar-refractivity contribution >= 4 is 11.6 Å². The highest BCUT2D eigenvalue weighted by molar-refractivity contribution is 6.30. The smallest absolute Gasteiger partial charge is 0.388 e. The molecule has 0 fully saturated rings. The molecule has 21 heavy (non-hydrogen) atoms. The minimum absolute atomic E-state index is 0.0733. The molecule has 0 saturated carbocycles. The van der Waals surface area contributed by atoms with E-state index in [1.807, 2.05) is 0 Å². The third kappa shape index (κ3) is 3.95. The third-order valence-corrected chi connectivity index (χ3v) is 3.25. The van der Waals surface area contributed by atoms with Crippen LogP contribution >= 0.6 is 11.6 Å². The molecule has 6 heteroatoms. The summed E-state index contributed by atoms with van der Waals surface area (Å²) >= 11 is 5.73. The van der Waals surface area contributed by atoms with Crippen LogP contribution in [0.4, 0.5) is 17.6 Å². The monoisotopic (exact) mass is 318 g/mol. The molecule has 2 aromatic carbocycles. The molecule has 1 unspecified atom stereocenters. The Balaban J connectivity index is 2.24. The summed E-state index contributed by atoms with van der Waals surface area (Å²) in [6, 6.07) is 8.18. The van der Waals surface area contributed by atoms with Crippen LogP contribution in [0.15, 0.2) is 42.5 Å². The molecule has 0 bridgehead atoms. The van der Waals surface area contributed by atoms with Crippen molar-refractivity contribution in [2.45, 2.75) is 18.7 Å². The van der Waals surface area contributed by atoms with Crippen molar-refractivity contribution in [1.29, 1.82) is 0 Å². The Morgan fingerprint density at radius 1 is 1.10 bits per heavy atom. The van der Waals surface area contributed by atoms with E-state index >= 15 is 0 Å². The summed E-state index contributed by atoms with van der Waals surface area (Å²) in [6.45, 7) is 0. The highest BCUT2D eigenvalue weighted by Crippen LogP contribution is 2.31. The molecule has 0 saturated heterocycles. The average molecular weight is 319 g/mol. The van der Waals surface area contributed by atoms with Crippen molar-refractivity contribution in [3.05, 3.63) is 70.0 Å². The van der Waals surface area contributed by atoms with Crippen LogP contribution in [0.3, 0.4) is 0 Å². The topological polar surface area (TPSA) is 20.2 Å². The van der Waals surface area contributed by atoms with Gasteiger partial charge < -0.3 is 5.11 Å². The van der Waals surface area contributed by atoms with E-state index in [0.29, 0.717) is 5.02 Å². The molecule has 1 nitrogen and oxygen atoms in total. The van der Waals surface area contributed by atoms with E-state index in [2.05, 4.69) is 0 Å². The quantitative estimate of drug-likeness (QED) is 0.808. The molecule has 2 aromatic rings. The second-order valence-corrected chi connectivity index (χ2v) is 5.02.